The summed E-state index contributed by atoms with van der Waals surface area (Å²) in [6, 6.07) is 13.9. The number of nitrogens with zero attached hydrogens (tertiary/aromatic N) is 1. The van der Waals surface area contributed by atoms with Gasteiger partial charge in [0.1, 0.15) is 11.8 Å². The van der Waals surface area contributed by atoms with Crippen LogP contribution in [-0.2, 0) is 28.7 Å². The lowest BCUT2D eigenvalue weighted by Gasteiger charge is -2.30. The molecule has 13 heteroatoms. The molecular weight excluding hydrogens is 589 g/mol. The number of carbonyl (C=O) groups excluding carboxylic acids is 3. The molecule has 1 heterocycles. The Bertz CT molecular complexity index is 1520. The van der Waals surface area contributed by atoms with E-state index >= 15 is 0 Å². The van der Waals surface area contributed by atoms with E-state index in [2.05, 4.69) is 10.6 Å². The van der Waals surface area contributed by atoms with Crippen molar-refractivity contribution in [3.63, 3.8) is 0 Å². The molecular formula is C31H30F5N3O5. The van der Waals surface area contributed by atoms with Gasteiger partial charge in [-0.05, 0) is 42.7 Å². The predicted octanol–water partition coefficient (Wildman–Crippen LogP) is 3.97. The minimum atomic E-state index is -4.72. The Morgan fingerprint density at radius 1 is 1.00 bits per heavy atom. The van der Waals surface area contributed by atoms with Crippen LogP contribution in [0.5, 0.6) is 5.75 Å². The molecule has 4 rings (SSSR count). The second kappa shape index (κ2) is 13.0. The molecule has 1 aliphatic heterocycles. The molecule has 1 fully saturated rings. The summed E-state index contributed by atoms with van der Waals surface area (Å²) in [6.07, 6.45) is -8.03. The van der Waals surface area contributed by atoms with E-state index in [4.69, 9.17) is 0 Å². The lowest BCUT2D eigenvalue weighted by atomic mass is 9.98. The summed E-state index contributed by atoms with van der Waals surface area (Å²) in [6.45, 7) is -0.379. The van der Waals surface area contributed by atoms with Gasteiger partial charge in [0.25, 0.3) is 17.7 Å². The smallest absolute Gasteiger partial charge is 0.416 e. The van der Waals surface area contributed by atoms with Gasteiger partial charge >= 0.3 is 6.18 Å². The molecule has 0 aliphatic carbocycles. The van der Waals surface area contributed by atoms with Gasteiger partial charge in [-0.25, -0.2) is 8.78 Å². The van der Waals surface area contributed by atoms with E-state index in [1.807, 2.05) is 0 Å². The Kier molecular flexibility index (Phi) is 9.57. The second-order valence-corrected chi connectivity index (χ2v) is 10.6. The van der Waals surface area contributed by atoms with Crippen LogP contribution in [-0.4, -0.2) is 63.5 Å². The molecule has 1 aliphatic rings. The molecule has 8 nitrogen and oxygen atoms in total. The van der Waals surface area contributed by atoms with Gasteiger partial charge in [0.05, 0.1) is 18.2 Å². The van der Waals surface area contributed by atoms with E-state index in [1.165, 1.54) is 37.3 Å². The molecule has 3 amide bonds. The van der Waals surface area contributed by atoms with E-state index in [0.29, 0.717) is 10.5 Å². The maximum Gasteiger partial charge on any atom is 0.416 e. The highest BCUT2D eigenvalue weighted by molar-refractivity contribution is 5.97. The number of amides is 3. The van der Waals surface area contributed by atoms with Crippen LogP contribution in [0.1, 0.15) is 39.0 Å². The molecule has 3 aromatic carbocycles. The number of aromatic hydroxyl groups is 1. The summed E-state index contributed by atoms with van der Waals surface area (Å²) in [5, 5.41) is 25.9. The zero-order chi connectivity index (χ0) is 32.2. The summed E-state index contributed by atoms with van der Waals surface area (Å²) in [4.78, 5) is 40.1. The summed E-state index contributed by atoms with van der Waals surface area (Å²) in [5.74, 6) is -6.85. The minimum Gasteiger partial charge on any atom is -0.508 e. The maximum absolute atomic E-state index is 14.6. The number of hydrogen-bond acceptors (Lipinski definition) is 5. The van der Waals surface area contributed by atoms with Crippen LogP contribution >= 0.6 is 0 Å². The first-order chi connectivity index (χ1) is 20.7. The molecule has 3 aromatic rings. The van der Waals surface area contributed by atoms with Crippen molar-refractivity contribution in [3.05, 3.63) is 101 Å². The Morgan fingerprint density at radius 3 is 2.34 bits per heavy atom. The van der Waals surface area contributed by atoms with Crippen LogP contribution in [0, 0.1) is 6.92 Å². The van der Waals surface area contributed by atoms with Gasteiger partial charge in [0, 0.05) is 24.1 Å². The maximum atomic E-state index is 14.6. The van der Waals surface area contributed by atoms with Crippen molar-refractivity contribution >= 4 is 17.7 Å². The van der Waals surface area contributed by atoms with E-state index in [0.717, 1.165) is 12.1 Å². The fourth-order valence-corrected chi connectivity index (χ4v) is 5.10. The van der Waals surface area contributed by atoms with Crippen molar-refractivity contribution in [1.29, 1.82) is 0 Å². The molecule has 44 heavy (non-hydrogen) atoms. The second-order valence-electron chi connectivity index (χ2n) is 10.6. The average Bonchev–Trinajstić information content (AvgIpc) is 3.31. The van der Waals surface area contributed by atoms with Crippen LogP contribution in [0.3, 0.4) is 0 Å². The molecule has 0 radical (unpaired) electrons. The molecule has 0 spiro atoms. The third kappa shape index (κ3) is 7.51. The number of hydrogen-bond donors (Lipinski definition) is 4. The van der Waals surface area contributed by atoms with Crippen LogP contribution in [0.4, 0.5) is 22.0 Å². The van der Waals surface area contributed by atoms with E-state index < -0.39 is 73.1 Å². The Labute approximate surface area is 249 Å². The van der Waals surface area contributed by atoms with Crippen molar-refractivity contribution in [3.8, 4) is 5.75 Å². The average molecular weight is 620 g/mol. The lowest BCUT2D eigenvalue weighted by Crippen LogP contribution is -2.56. The third-order valence-electron chi connectivity index (χ3n) is 7.43. The fourth-order valence-electron chi connectivity index (χ4n) is 5.10. The van der Waals surface area contributed by atoms with Gasteiger partial charge in [0.2, 0.25) is 5.91 Å². The predicted molar refractivity (Wildman–Crippen MR) is 149 cm³/mol. The number of phenolic OH excluding ortho intramolecular Hbond substituents is 1. The Hall–Kier alpha value is -4.52. The largest absolute Gasteiger partial charge is 0.508 e. The van der Waals surface area contributed by atoms with Crippen molar-refractivity contribution in [2.45, 2.75) is 56.6 Å². The standard InChI is InChI=1S/C31H30F5N3O5/c1-18-21(11-7-13-25(18)40)27(42)38-23(14-19-8-3-2-4-9-19)26(41)29(44)39-17-30(32,33)15-24(39)28(43)37-16-20-10-5-6-12-22(20)31(34,35)36/h2-13,23-24,26,40-41H,14-17H2,1H3,(H,37,43)(H,38,42). The number of alkyl halides is 5. The molecule has 3 atom stereocenters. The summed E-state index contributed by atoms with van der Waals surface area (Å²) in [7, 11) is 0. The van der Waals surface area contributed by atoms with Gasteiger partial charge in [-0.3, -0.25) is 14.4 Å². The van der Waals surface area contributed by atoms with E-state index in [1.54, 1.807) is 30.3 Å². The fraction of sp³-hybridized carbons (Fsp3) is 0.323. The van der Waals surface area contributed by atoms with Crippen molar-refractivity contribution in [1.82, 2.24) is 15.5 Å². The number of nitrogens with one attached hydrogen (secondary N) is 2. The first kappa shape index (κ1) is 32.4. The first-order valence-electron chi connectivity index (χ1n) is 13.6. The number of phenols is 1. The lowest BCUT2D eigenvalue weighted by molar-refractivity contribution is -0.147. The molecule has 0 aromatic heterocycles. The Balaban J connectivity index is 1.56. The van der Waals surface area contributed by atoms with Gasteiger partial charge < -0.3 is 25.7 Å². The third-order valence-corrected chi connectivity index (χ3v) is 7.43. The van der Waals surface area contributed by atoms with Gasteiger partial charge in [0.15, 0.2) is 6.10 Å². The molecule has 3 unspecified atom stereocenters. The van der Waals surface area contributed by atoms with Crippen molar-refractivity contribution in [2.75, 3.05) is 6.54 Å². The highest BCUT2D eigenvalue weighted by Crippen LogP contribution is 2.34. The zero-order valence-corrected chi connectivity index (χ0v) is 23.4. The summed E-state index contributed by atoms with van der Waals surface area (Å²) in [5.41, 5.74) is -0.452. The van der Waals surface area contributed by atoms with Crippen molar-refractivity contribution in [2.24, 2.45) is 0 Å². The van der Waals surface area contributed by atoms with E-state index in [-0.39, 0.29) is 28.9 Å². The topological polar surface area (TPSA) is 119 Å². The van der Waals surface area contributed by atoms with Crippen LogP contribution < -0.4 is 10.6 Å². The van der Waals surface area contributed by atoms with Gasteiger partial charge in [-0.2, -0.15) is 13.2 Å². The minimum absolute atomic E-state index is 0.0480. The van der Waals surface area contributed by atoms with E-state index in [9.17, 15) is 46.5 Å². The summed E-state index contributed by atoms with van der Waals surface area (Å²) >= 11 is 0. The number of carbonyl (C=O) groups is 3. The highest BCUT2D eigenvalue weighted by atomic mass is 19.4. The van der Waals surface area contributed by atoms with Crippen LogP contribution in [0.2, 0.25) is 0 Å². The molecule has 4 N–H and O–H groups in total. The molecule has 1 saturated heterocycles. The summed E-state index contributed by atoms with van der Waals surface area (Å²) < 4.78 is 69.3. The number of likely N-dealkylation sites (tertiary alicyclic amines) is 1. The zero-order valence-electron chi connectivity index (χ0n) is 23.4. The SMILES string of the molecule is Cc1c(O)cccc1C(=O)NC(Cc1ccccc1)C(O)C(=O)N1CC(F)(F)CC1C(=O)NCc1ccccc1C(F)(F)F. The number of benzene rings is 3. The number of halogens is 5. The molecule has 0 bridgehead atoms. The monoisotopic (exact) mass is 619 g/mol. The number of aliphatic hydroxyl groups excluding tert-OH is 1. The van der Waals surface area contributed by atoms with Crippen molar-refractivity contribution < 1.29 is 46.5 Å². The van der Waals surface area contributed by atoms with Crippen LogP contribution in [0.15, 0.2) is 72.8 Å². The van der Waals surface area contributed by atoms with Gasteiger partial charge in [-0.15, -0.1) is 0 Å². The highest BCUT2D eigenvalue weighted by Gasteiger charge is 2.51. The Morgan fingerprint density at radius 2 is 1.66 bits per heavy atom. The number of rotatable bonds is 9. The molecule has 234 valence electrons. The van der Waals surface area contributed by atoms with Crippen LogP contribution in [0.25, 0.3) is 0 Å². The number of aliphatic hydroxyl groups is 1. The first-order valence-corrected chi connectivity index (χ1v) is 13.6. The molecule has 0 saturated carbocycles. The quantitative estimate of drug-likeness (QED) is 0.271. The normalized spacial score (nSPS) is 17.5. The van der Waals surface area contributed by atoms with Gasteiger partial charge in [-0.1, -0.05) is 54.6 Å².